The number of amides is 2. The van der Waals surface area contributed by atoms with Gasteiger partial charge in [0.25, 0.3) is 0 Å². The summed E-state index contributed by atoms with van der Waals surface area (Å²) in [6.07, 6.45) is 3.99. The van der Waals surface area contributed by atoms with Crippen molar-refractivity contribution in [3.8, 4) is 0 Å². The quantitative estimate of drug-likeness (QED) is 0.789. The van der Waals surface area contributed by atoms with E-state index < -0.39 is 11.9 Å². The van der Waals surface area contributed by atoms with E-state index in [2.05, 4.69) is 0 Å². The van der Waals surface area contributed by atoms with Crippen LogP contribution in [-0.4, -0.2) is 40.9 Å². The van der Waals surface area contributed by atoms with E-state index in [0.717, 1.165) is 19.3 Å². The molecule has 0 aromatic heterocycles. The van der Waals surface area contributed by atoms with Gasteiger partial charge in [0.2, 0.25) is 11.8 Å². The molecule has 3 rings (SSSR count). The van der Waals surface area contributed by atoms with E-state index in [0.29, 0.717) is 25.9 Å². The van der Waals surface area contributed by atoms with Gasteiger partial charge in [-0.05, 0) is 43.9 Å². The summed E-state index contributed by atoms with van der Waals surface area (Å²) in [6, 6.07) is 0. The average molecular weight is 294 g/mol. The number of piperidine rings is 1. The summed E-state index contributed by atoms with van der Waals surface area (Å²) in [5, 5.41) is 9.44. The number of primary amides is 1. The van der Waals surface area contributed by atoms with Gasteiger partial charge in [0, 0.05) is 19.0 Å². The molecule has 21 heavy (non-hydrogen) atoms. The molecule has 1 heterocycles. The van der Waals surface area contributed by atoms with Crippen LogP contribution in [0.25, 0.3) is 0 Å². The fourth-order valence-electron chi connectivity index (χ4n) is 4.60. The van der Waals surface area contributed by atoms with E-state index in [9.17, 15) is 19.5 Å². The third-order valence-corrected chi connectivity index (χ3v) is 5.70. The molecule has 0 aromatic rings. The minimum Gasteiger partial charge on any atom is -0.481 e. The molecule has 2 bridgehead atoms. The number of carboxylic acids is 1. The zero-order valence-electron chi connectivity index (χ0n) is 12.0. The molecular weight excluding hydrogens is 272 g/mol. The van der Waals surface area contributed by atoms with Gasteiger partial charge in [0.1, 0.15) is 0 Å². The standard InChI is InChI=1S/C15H22N2O4/c16-13(18)8-3-5-17(6-4-8)14(19)11-9-1-2-10(7-9)12(11)15(20)21/h8-12H,1-7H2,(H2,16,18)(H,20,21)/t9-,10-,11+,12+/m0/s1. The number of carbonyl (C=O) groups is 3. The summed E-state index contributed by atoms with van der Waals surface area (Å²) < 4.78 is 0. The van der Waals surface area contributed by atoms with Crippen molar-refractivity contribution in [1.82, 2.24) is 4.90 Å². The summed E-state index contributed by atoms with van der Waals surface area (Å²) in [7, 11) is 0. The Morgan fingerprint density at radius 1 is 0.952 bits per heavy atom. The number of rotatable bonds is 3. The molecule has 3 aliphatic rings. The number of carbonyl (C=O) groups excluding carboxylic acids is 2. The minimum atomic E-state index is -0.826. The van der Waals surface area contributed by atoms with Crippen LogP contribution in [0.3, 0.4) is 0 Å². The number of nitrogens with zero attached hydrogens (tertiary/aromatic N) is 1. The first-order valence-electron chi connectivity index (χ1n) is 7.80. The zero-order chi connectivity index (χ0) is 15.1. The monoisotopic (exact) mass is 294 g/mol. The van der Waals surface area contributed by atoms with E-state index in [-0.39, 0.29) is 35.5 Å². The van der Waals surface area contributed by atoms with E-state index in [1.54, 1.807) is 4.90 Å². The average Bonchev–Trinajstić information content (AvgIpc) is 3.07. The topological polar surface area (TPSA) is 101 Å². The van der Waals surface area contributed by atoms with Crippen molar-refractivity contribution in [2.75, 3.05) is 13.1 Å². The number of hydrogen-bond donors (Lipinski definition) is 2. The highest BCUT2D eigenvalue weighted by Gasteiger charge is 2.54. The molecule has 0 unspecified atom stereocenters. The second-order valence-corrected chi connectivity index (χ2v) is 6.72. The lowest BCUT2D eigenvalue weighted by atomic mass is 9.78. The van der Waals surface area contributed by atoms with Crippen LogP contribution in [0.4, 0.5) is 0 Å². The molecule has 2 aliphatic carbocycles. The third-order valence-electron chi connectivity index (χ3n) is 5.70. The van der Waals surface area contributed by atoms with Gasteiger partial charge in [0.15, 0.2) is 0 Å². The van der Waals surface area contributed by atoms with Crippen LogP contribution in [-0.2, 0) is 14.4 Å². The van der Waals surface area contributed by atoms with Crippen molar-refractivity contribution in [2.45, 2.75) is 32.1 Å². The molecule has 3 N–H and O–H groups in total. The second kappa shape index (κ2) is 5.31. The van der Waals surface area contributed by atoms with Gasteiger partial charge < -0.3 is 15.7 Å². The van der Waals surface area contributed by atoms with Crippen LogP contribution in [0, 0.1) is 29.6 Å². The molecule has 1 aliphatic heterocycles. The molecule has 1 saturated heterocycles. The van der Waals surface area contributed by atoms with Gasteiger partial charge in [-0.3, -0.25) is 14.4 Å². The van der Waals surface area contributed by atoms with Crippen molar-refractivity contribution < 1.29 is 19.5 Å². The fraction of sp³-hybridized carbons (Fsp3) is 0.800. The predicted octanol–water partition coefficient (Wildman–Crippen LogP) is 0.457. The van der Waals surface area contributed by atoms with Crippen molar-refractivity contribution in [1.29, 1.82) is 0 Å². The first kappa shape index (κ1) is 14.4. The minimum absolute atomic E-state index is 0.0162. The van der Waals surface area contributed by atoms with E-state index in [1.165, 1.54) is 0 Å². The Labute approximate surface area is 123 Å². The molecule has 0 radical (unpaired) electrons. The zero-order valence-corrected chi connectivity index (χ0v) is 12.0. The lowest BCUT2D eigenvalue weighted by molar-refractivity contribution is -0.153. The number of carboxylic acid groups (broad SMARTS) is 1. The third kappa shape index (κ3) is 2.40. The Morgan fingerprint density at radius 3 is 2.05 bits per heavy atom. The fourth-order valence-corrected chi connectivity index (χ4v) is 4.60. The number of likely N-dealkylation sites (tertiary alicyclic amines) is 1. The van der Waals surface area contributed by atoms with Gasteiger partial charge in [0.05, 0.1) is 11.8 Å². The van der Waals surface area contributed by atoms with Gasteiger partial charge in [-0.15, -0.1) is 0 Å². The van der Waals surface area contributed by atoms with Crippen LogP contribution in [0.5, 0.6) is 0 Å². The van der Waals surface area contributed by atoms with Gasteiger partial charge in [-0.1, -0.05) is 0 Å². The lowest BCUT2D eigenvalue weighted by Crippen LogP contribution is -2.48. The molecule has 6 nitrogen and oxygen atoms in total. The Hall–Kier alpha value is -1.59. The maximum atomic E-state index is 12.7. The predicted molar refractivity (Wildman–Crippen MR) is 73.9 cm³/mol. The Bertz CT molecular complexity index is 470. The van der Waals surface area contributed by atoms with Crippen LogP contribution >= 0.6 is 0 Å². The molecule has 2 amide bonds. The SMILES string of the molecule is NC(=O)C1CCN(C(=O)[C@@H]2[C@H]3CC[C@@H](C3)[C@H]2C(=O)O)CC1. The Balaban J connectivity index is 1.68. The van der Waals surface area contributed by atoms with Crippen LogP contribution in [0.2, 0.25) is 0 Å². The summed E-state index contributed by atoms with van der Waals surface area (Å²) >= 11 is 0. The van der Waals surface area contributed by atoms with Crippen LogP contribution < -0.4 is 5.73 Å². The number of fused-ring (bicyclic) bond motifs is 2. The normalized spacial score (nSPS) is 35.9. The van der Waals surface area contributed by atoms with E-state index in [1.807, 2.05) is 0 Å². The highest BCUT2D eigenvalue weighted by atomic mass is 16.4. The molecule has 0 aromatic carbocycles. The molecular formula is C15H22N2O4. The maximum Gasteiger partial charge on any atom is 0.307 e. The van der Waals surface area contributed by atoms with Crippen molar-refractivity contribution in [3.63, 3.8) is 0 Å². The largest absolute Gasteiger partial charge is 0.481 e. The van der Waals surface area contributed by atoms with E-state index >= 15 is 0 Å². The smallest absolute Gasteiger partial charge is 0.307 e. The highest BCUT2D eigenvalue weighted by molar-refractivity contribution is 5.86. The Kier molecular flexibility index (Phi) is 3.63. The molecule has 3 fully saturated rings. The van der Waals surface area contributed by atoms with Crippen LogP contribution in [0.15, 0.2) is 0 Å². The van der Waals surface area contributed by atoms with Crippen molar-refractivity contribution in [2.24, 2.45) is 35.3 Å². The number of nitrogens with two attached hydrogens (primary N) is 1. The second-order valence-electron chi connectivity index (χ2n) is 6.72. The summed E-state index contributed by atoms with van der Waals surface area (Å²) in [5.74, 6) is -1.75. The number of hydrogen-bond acceptors (Lipinski definition) is 3. The van der Waals surface area contributed by atoms with Gasteiger partial charge >= 0.3 is 5.97 Å². The van der Waals surface area contributed by atoms with Gasteiger partial charge in [-0.25, -0.2) is 0 Å². The maximum absolute atomic E-state index is 12.7. The van der Waals surface area contributed by atoms with E-state index in [4.69, 9.17) is 5.73 Å². The van der Waals surface area contributed by atoms with Crippen molar-refractivity contribution >= 4 is 17.8 Å². The summed E-state index contributed by atoms with van der Waals surface area (Å²) in [6.45, 7) is 1.04. The van der Waals surface area contributed by atoms with Crippen LogP contribution in [0.1, 0.15) is 32.1 Å². The summed E-state index contributed by atoms with van der Waals surface area (Å²) in [5.41, 5.74) is 5.30. The molecule has 6 heteroatoms. The number of aliphatic carboxylic acids is 1. The van der Waals surface area contributed by atoms with Gasteiger partial charge in [-0.2, -0.15) is 0 Å². The highest BCUT2D eigenvalue weighted by Crippen LogP contribution is 2.53. The molecule has 0 spiro atoms. The molecule has 4 atom stereocenters. The summed E-state index contributed by atoms with van der Waals surface area (Å²) in [4.78, 5) is 37.2. The lowest BCUT2D eigenvalue weighted by Gasteiger charge is -2.36. The first-order valence-corrected chi connectivity index (χ1v) is 7.80. The molecule has 2 saturated carbocycles. The molecule has 116 valence electrons. The Morgan fingerprint density at radius 2 is 1.52 bits per heavy atom. The van der Waals surface area contributed by atoms with Crippen molar-refractivity contribution in [3.05, 3.63) is 0 Å². The first-order chi connectivity index (χ1) is 9.99.